The summed E-state index contributed by atoms with van der Waals surface area (Å²) >= 11 is 0. The van der Waals surface area contributed by atoms with Gasteiger partial charge >= 0.3 is 0 Å². The zero-order valence-electron chi connectivity index (χ0n) is 15.9. The molecule has 29 heavy (non-hydrogen) atoms. The molecule has 1 fully saturated rings. The average Bonchev–Trinajstić information content (AvgIpc) is 3.28. The van der Waals surface area contributed by atoms with E-state index in [1.165, 1.54) is 0 Å². The molecule has 3 aromatic rings. The lowest BCUT2D eigenvalue weighted by Crippen LogP contribution is -2.38. The maximum Gasteiger partial charge on any atom is 0.258 e. The molecule has 8 heteroatoms. The van der Waals surface area contributed by atoms with Crippen molar-refractivity contribution < 1.29 is 27.1 Å². The van der Waals surface area contributed by atoms with Crippen LogP contribution in [0.3, 0.4) is 0 Å². The van der Waals surface area contributed by atoms with E-state index < -0.39 is 9.84 Å². The topological polar surface area (TPSA) is 94.8 Å². The molecule has 4 rings (SSSR count). The second-order valence-corrected chi connectivity index (χ2v) is 9.22. The van der Waals surface area contributed by atoms with Crippen molar-refractivity contribution in [1.82, 2.24) is 5.32 Å². The van der Waals surface area contributed by atoms with Gasteiger partial charge in [-0.1, -0.05) is 12.1 Å². The summed E-state index contributed by atoms with van der Waals surface area (Å²) in [6.45, 7) is -0.183. The summed E-state index contributed by atoms with van der Waals surface area (Å²) in [5, 5.41) is 3.58. The summed E-state index contributed by atoms with van der Waals surface area (Å²) < 4.78 is 39.4. The number of amides is 1. The molecule has 7 nitrogen and oxygen atoms in total. The summed E-state index contributed by atoms with van der Waals surface area (Å²) in [6, 6.07) is 12.7. The average molecular weight is 415 g/mol. The summed E-state index contributed by atoms with van der Waals surface area (Å²) in [6.07, 6.45) is 2.13. The molecule has 152 valence electrons. The number of nitrogens with one attached hydrogen (secondary N) is 1. The maximum atomic E-state index is 12.1. The van der Waals surface area contributed by atoms with Crippen molar-refractivity contribution in [3.63, 3.8) is 0 Å². The highest BCUT2D eigenvalue weighted by atomic mass is 32.2. The van der Waals surface area contributed by atoms with Gasteiger partial charge in [0.2, 0.25) is 0 Å². The molecule has 2 aromatic carbocycles. The molecule has 0 aliphatic carbocycles. The van der Waals surface area contributed by atoms with Crippen LogP contribution in [0, 0.1) is 0 Å². The fraction of sp³-hybridized carbons (Fsp3) is 0.286. The molecule has 0 saturated carbocycles. The van der Waals surface area contributed by atoms with Crippen molar-refractivity contribution in [3.05, 3.63) is 48.7 Å². The predicted octanol–water partition coefficient (Wildman–Crippen LogP) is 2.79. The molecule has 2 heterocycles. The standard InChI is InChI=1S/C21H21NO6S/c1-26-16-4-2-14(3-5-16)19-11-28-20-7-6-17(10-18(19)20)27-12-21(23)22-15-8-9-29(24,25)13-15/h2-7,10-11,15H,8-9,12-13H2,1H3,(H,22,23). The number of ether oxygens (including phenoxy) is 2. The third-order valence-electron chi connectivity index (χ3n) is 4.91. The van der Waals surface area contributed by atoms with Crippen LogP contribution in [0.25, 0.3) is 22.1 Å². The van der Waals surface area contributed by atoms with Gasteiger partial charge in [0, 0.05) is 17.0 Å². The normalized spacial score (nSPS) is 17.9. The summed E-state index contributed by atoms with van der Waals surface area (Å²) in [4.78, 5) is 12.1. The molecule has 1 unspecified atom stereocenters. The van der Waals surface area contributed by atoms with Gasteiger partial charge in [0.05, 0.1) is 24.9 Å². The van der Waals surface area contributed by atoms with Crippen molar-refractivity contribution in [2.24, 2.45) is 0 Å². The van der Waals surface area contributed by atoms with Crippen LogP contribution in [0.15, 0.2) is 53.1 Å². The van der Waals surface area contributed by atoms with E-state index >= 15 is 0 Å². The van der Waals surface area contributed by atoms with Crippen LogP contribution in [0.2, 0.25) is 0 Å². The zero-order valence-corrected chi connectivity index (χ0v) is 16.7. The number of carbonyl (C=O) groups is 1. The molecule has 0 spiro atoms. The fourth-order valence-corrected chi connectivity index (χ4v) is 5.09. The Morgan fingerprint density at radius 3 is 2.62 bits per heavy atom. The van der Waals surface area contributed by atoms with Crippen molar-refractivity contribution in [2.45, 2.75) is 12.5 Å². The first-order chi connectivity index (χ1) is 13.9. The Morgan fingerprint density at radius 1 is 1.17 bits per heavy atom. The number of furan rings is 1. The number of hydrogen-bond acceptors (Lipinski definition) is 6. The van der Waals surface area contributed by atoms with Crippen LogP contribution < -0.4 is 14.8 Å². The highest BCUT2D eigenvalue weighted by Crippen LogP contribution is 2.33. The number of carbonyl (C=O) groups excluding carboxylic acids is 1. The van der Waals surface area contributed by atoms with Crippen LogP contribution in [-0.2, 0) is 14.6 Å². The molecule has 1 aliphatic heterocycles. The smallest absolute Gasteiger partial charge is 0.258 e. The van der Waals surface area contributed by atoms with E-state index in [-0.39, 0.29) is 30.1 Å². The molecular weight excluding hydrogens is 394 g/mol. The second-order valence-electron chi connectivity index (χ2n) is 6.99. The Bertz CT molecular complexity index is 1130. The zero-order chi connectivity index (χ0) is 20.4. The monoisotopic (exact) mass is 415 g/mol. The quantitative estimate of drug-likeness (QED) is 0.665. The third kappa shape index (κ3) is 4.37. The van der Waals surface area contributed by atoms with Gasteiger partial charge in [-0.25, -0.2) is 8.42 Å². The van der Waals surface area contributed by atoms with Crippen molar-refractivity contribution >= 4 is 26.7 Å². The molecule has 0 radical (unpaired) electrons. The van der Waals surface area contributed by atoms with E-state index in [0.717, 1.165) is 22.3 Å². The van der Waals surface area contributed by atoms with Crippen molar-refractivity contribution in [1.29, 1.82) is 0 Å². The van der Waals surface area contributed by atoms with Crippen LogP contribution >= 0.6 is 0 Å². The van der Waals surface area contributed by atoms with E-state index in [4.69, 9.17) is 13.9 Å². The van der Waals surface area contributed by atoms with Crippen molar-refractivity contribution in [3.8, 4) is 22.6 Å². The highest BCUT2D eigenvalue weighted by Gasteiger charge is 2.28. The van der Waals surface area contributed by atoms with E-state index in [1.807, 2.05) is 30.3 Å². The van der Waals surface area contributed by atoms with Crippen molar-refractivity contribution in [2.75, 3.05) is 25.2 Å². The first-order valence-electron chi connectivity index (χ1n) is 9.22. The van der Waals surface area contributed by atoms with Crippen LogP contribution in [0.5, 0.6) is 11.5 Å². The van der Waals surface area contributed by atoms with Crippen LogP contribution in [0.1, 0.15) is 6.42 Å². The number of fused-ring (bicyclic) bond motifs is 1. The molecule has 1 saturated heterocycles. The molecule has 1 aliphatic rings. The lowest BCUT2D eigenvalue weighted by Gasteiger charge is -2.11. The van der Waals surface area contributed by atoms with E-state index in [2.05, 4.69) is 5.32 Å². The largest absolute Gasteiger partial charge is 0.497 e. The summed E-state index contributed by atoms with van der Waals surface area (Å²) in [5.74, 6) is 1.07. The van der Waals surface area contributed by atoms with E-state index in [0.29, 0.717) is 17.8 Å². The van der Waals surface area contributed by atoms with Crippen LogP contribution in [0.4, 0.5) is 0 Å². The van der Waals surface area contributed by atoms with Gasteiger partial charge in [-0.05, 0) is 42.3 Å². The van der Waals surface area contributed by atoms with Gasteiger partial charge in [0.1, 0.15) is 17.1 Å². The molecule has 1 N–H and O–H groups in total. The fourth-order valence-electron chi connectivity index (χ4n) is 3.42. The van der Waals surface area contributed by atoms with Gasteiger partial charge in [0.25, 0.3) is 5.91 Å². The number of methoxy groups -OCH3 is 1. The Kier molecular flexibility index (Phi) is 5.19. The number of rotatable bonds is 6. The molecule has 1 aromatic heterocycles. The minimum atomic E-state index is -3.04. The predicted molar refractivity (Wildman–Crippen MR) is 109 cm³/mol. The van der Waals surface area contributed by atoms with Gasteiger partial charge < -0.3 is 19.2 Å². The third-order valence-corrected chi connectivity index (χ3v) is 6.68. The lowest BCUT2D eigenvalue weighted by atomic mass is 10.0. The molecular formula is C21H21NO6S. The Hall–Kier alpha value is -3.00. The number of hydrogen-bond donors (Lipinski definition) is 1. The SMILES string of the molecule is COc1ccc(-c2coc3ccc(OCC(=O)NC4CCS(=O)(=O)C4)cc23)cc1. The second kappa shape index (κ2) is 7.79. The summed E-state index contributed by atoms with van der Waals surface area (Å²) in [5.41, 5.74) is 2.60. The Labute approximate surface area is 168 Å². The minimum Gasteiger partial charge on any atom is -0.497 e. The highest BCUT2D eigenvalue weighted by molar-refractivity contribution is 7.91. The van der Waals surface area contributed by atoms with E-state index in [1.54, 1.807) is 25.5 Å². The van der Waals surface area contributed by atoms with Gasteiger partial charge in [0.15, 0.2) is 16.4 Å². The number of benzene rings is 2. The molecule has 0 bridgehead atoms. The lowest BCUT2D eigenvalue weighted by molar-refractivity contribution is -0.123. The van der Waals surface area contributed by atoms with E-state index in [9.17, 15) is 13.2 Å². The summed E-state index contributed by atoms with van der Waals surface area (Å²) in [7, 11) is -1.42. The first kappa shape index (κ1) is 19.3. The van der Waals surface area contributed by atoms with Crippen LogP contribution in [-0.4, -0.2) is 45.6 Å². The van der Waals surface area contributed by atoms with Gasteiger partial charge in [-0.15, -0.1) is 0 Å². The van der Waals surface area contributed by atoms with Gasteiger partial charge in [-0.2, -0.15) is 0 Å². The molecule has 1 amide bonds. The first-order valence-corrected chi connectivity index (χ1v) is 11.0. The van der Waals surface area contributed by atoms with Gasteiger partial charge in [-0.3, -0.25) is 4.79 Å². The minimum absolute atomic E-state index is 0.00899. The molecule has 1 atom stereocenters. The maximum absolute atomic E-state index is 12.1. The number of sulfone groups is 1. The Balaban J connectivity index is 1.45. The Morgan fingerprint density at radius 2 is 1.93 bits per heavy atom.